The Kier molecular flexibility index (Phi) is 7.74. The maximum Gasteiger partial charge on any atom is 0.513 e. The number of likely N-dealkylation sites (tertiary alicyclic amines) is 1. The Morgan fingerprint density at radius 2 is 1.52 bits per heavy atom. The Bertz CT molecular complexity index is 969. The normalized spacial score (nSPS) is 14.5. The molecule has 1 fully saturated rings. The van der Waals surface area contributed by atoms with Gasteiger partial charge in [0, 0.05) is 30.3 Å². The number of rotatable bonds is 5. The van der Waals surface area contributed by atoms with E-state index in [0.29, 0.717) is 42.8 Å². The Morgan fingerprint density at radius 1 is 0.939 bits per heavy atom. The van der Waals surface area contributed by atoms with Crippen molar-refractivity contribution in [1.82, 2.24) is 10.2 Å². The topological polar surface area (TPSA) is 84.9 Å². The Labute approximate surface area is 195 Å². The molecule has 0 unspecified atom stereocenters. The van der Waals surface area contributed by atoms with Gasteiger partial charge in [-0.15, -0.1) is 0 Å². The standard InChI is InChI=1S/C26H32N2O5/c1-5-32-25(31)33-22-12-8-19(9-13-22)24(30)28-16-14-21(15-17-28)27-23(29)18-6-10-20(11-7-18)26(2,3)4/h6-13,21H,5,14-17H2,1-4H3,(H,27,29). The molecule has 0 radical (unpaired) electrons. The Hall–Kier alpha value is -3.35. The highest BCUT2D eigenvalue weighted by Gasteiger charge is 2.25. The number of ether oxygens (including phenoxy) is 2. The number of hydrogen-bond acceptors (Lipinski definition) is 5. The number of amides is 2. The number of nitrogens with zero attached hydrogens (tertiary/aromatic N) is 1. The summed E-state index contributed by atoms with van der Waals surface area (Å²) in [6.45, 7) is 9.48. The maximum absolute atomic E-state index is 12.8. The van der Waals surface area contributed by atoms with Crippen LogP contribution in [0.4, 0.5) is 4.79 Å². The summed E-state index contributed by atoms with van der Waals surface area (Å²) in [5.74, 6) is 0.152. The minimum atomic E-state index is -0.772. The van der Waals surface area contributed by atoms with E-state index in [1.54, 1.807) is 36.1 Å². The third-order valence-electron chi connectivity index (χ3n) is 5.70. The first-order chi connectivity index (χ1) is 15.7. The number of nitrogens with one attached hydrogen (secondary N) is 1. The first kappa shape index (κ1) is 24.3. The molecule has 0 saturated carbocycles. The van der Waals surface area contributed by atoms with Crippen LogP contribution in [0.1, 0.15) is 66.8 Å². The van der Waals surface area contributed by atoms with Gasteiger partial charge in [-0.2, -0.15) is 0 Å². The van der Waals surface area contributed by atoms with Gasteiger partial charge >= 0.3 is 6.16 Å². The summed E-state index contributed by atoms with van der Waals surface area (Å²) in [6, 6.07) is 14.2. The van der Waals surface area contributed by atoms with Gasteiger partial charge in [0.25, 0.3) is 11.8 Å². The van der Waals surface area contributed by atoms with Gasteiger partial charge in [0.05, 0.1) is 6.61 Å². The summed E-state index contributed by atoms with van der Waals surface area (Å²) < 4.78 is 9.76. The molecule has 1 aliphatic rings. The minimum absolute atomic E-state index is 0.0317. The fraction of sp³-hybridized carbons (Fsp3) is 0.423. The van der Waals surface area contributed by atoms with Crippen LogP contribution in [-0.4, -0.2) is 48.6 Å². The van der Waals surface area contributed by atoms with E-state index in [-0.39, 0.29) is 29.9 Å². The van der Waals surface area contributed by atoms with Crippen molar-refractivity contribution >= 4 is 18.0 Å². The van der Waals surface area contributed by atoms with Gasteiger partial charge in [0.2, 0.25) is 0 Å². The first-order valence-electron chi connectivity index (χ1n) is 11.3. The van der Waals surface area contributed by atoms with Gasteiger partial charge in [0.1, 0.15) is 5.75 Å². The van der Waals surface area contributed by atoms with Crippen LogP contribution < -0.4 is 10.1 Å². The average molecular weight is 453 g/mol. The van der Waals surface area contributed by atoms with E-state index in [4.69, 9.17) is 9.47 Å². The van der Waals surface area contributed by atoms with Crippen molar-refractivity contribution in [1.29, 1.82) is 0 Å². The minimum Gasteiger partial charge on any atom is -0.434 e. The second-order valence-electron chi connectivity index (χ2n) is 9.18. The van der Waals surface area contributed by atoms with E-state index in [2.05, 4.69) is 26.1 Å². The Balaban J connectivity index is 1.49. The van der Waals surface area contributed by atoms with Crippen LogP contribution in [0.25, 0.3) is 0 Å². The second kappa shape index (κ2) is 10.5. The largest absolute Gasteiger partial charge is 0.513 e. The zero-order valence-corrected chi connectivity index (χ0v) is 19.7. The molecule has 3 rings (SSSR count). The molecular formula is C26H32N2O5. The highest BCUT2D eigenvalue weighted by molar-refractivity contribution is 5.95. The lowest BCUT2D eigenvalue weighted by Gasteiger charge is -2.32. The summed E-state index contributed by atoms with van der Waals surface area (Å²) in [7, 11) is 0. The predicted molar refractivity (Wildman–Crippen MR) is 126 cm³/mol. The number of piperidine rings is 1. The Morgan fingerprint density at radius 3 is 2.06 bits per heavy atom. The molecule has 0 aliphatic carbocycles. The van der Waals surface area contributed by atoms with E-state index in [1.807, 2.05) is 24.3 Å². The van der Waals surface area contributed by atoms with E-state index in [0.717, 1.165) is 0 Å². The summed E-state index contributed by atoms with van der Waals surface area (Å²) in [4.78, 5) is 38.6. The molecule has 1 saturated heterocycles. The summed E-state index contributed by atoms with van der Waals surface area (Å²) in [5, 5.41) is 3.09. The van der Waals surface area contributed by atoms with Crippen LogP contribution in [0, 0.1) is 0 Å². The lowest BCUT2D eigenvalue weighted by Crippen LogP contribution is -2.46. The van der Waals surface area contributed by atoms with E-state index in [9.17, 15) is 14.4 Å². The fourth-order valence-electron chi connectivity index (χ4n) is 3.71. The molecule has 2 aromatic carbocycles. The number of carbonyl (C=O) groups excluding carboxylic acids is 3. The van der Waals surface area contributed by atoms with Crippen LogP contribution >= 0.6 is 0 Å². The predicted octanol–water partition coefficient (Wildman–Crippen LogP) is 4.55. The van der Waals surface area contributed by atoms with Crippen molar-refractivity contribution in [2.24, 2.45) is 0 Å². The molecule has 1 N–H and O–H groups in total. The number of carbonyl (C=O) groups is 3. The summed E-state index contributed by atoms with van der Waals surface area (Å²) in [5.41, 5.74) is 2.40. The summed E-state index contributed by atoms with van der Waals surface area (Å²) in [6.07, 6.45) is 0.620. The highest BCUT2D eigenvalue weighted by Crippen LogP contribution is 2.22. The molecule has 7 heteroatoms. The van der Waals surface area contributed by atoms with Crippen LogP contribution in [0.15, 0.2) is 48.5 Å². The highest BCUT2D eigenvalue weighted by atomic mass is 16.7. The molecule has 1 heterocycles. The monoisotopic (exact) mass is 452 g/mol. The van der Waals surface area contributed by atoms with Crippen molar-refractivity contribution in [2.45, 2.75) is 52.0 Å². The first-order valence-corrected chi connectivity index (χ1v) is 11.3. The van der Waals surface area contributed by atoms with Crippen LogP contribution in [-0.2, 0) is 10.2 Å². The third-order valence-corrected chi connectivity index (χ3v) is 5.70. The fourth-order valence-corrected chi connectivity index (χ4v) is 3.71. The lowest BCUT2D eigenvalue weighted by molar-refractivity contribution is 0.0698. The van der Waals surface area contributed by atoms with E-state index < -0.39 is 6.16 Å². The molecule has 0 atom stereocenters. The van der Waals surface area contributed by atoms with Crippen LogP contribution in [0.5, 0.6) is 5.75 Å². The molecule has 0 bridgehead atoms. The smallest absolute Gasteiger partial charge is 0.434 e. The van der Waals surface area contributed by atoms with Crippen molar-refractivity contribution in [3.8, 4) is 5.75 Å². The van der Waals surface area contributed by atoms with E-state index in [1.165, 1.54) is 5.56 Å². The third kappa shape index (κ3) is 6.57. The number of benzene rings is 2. The van der Waals surface area contributed by atoms with Gasteiger partial charge in [-0.05, 0) is 67.1 Å². The van der Waals surface area contributed by atoms with Crippen LogP contribution in [0.3, 0.4) is 0 Å². The molecule has 0 spiro atoms. The van der Waals surface area contributed by atoms with Crippen molar-refractivity contribution in [3.63, 3.8) is 0 Å². The van der Waals surface area contributed by atoms with Crippen molar-refractivity contribution in [2.75, 3.05) is 19.7 Å². The van der Waals surface area contributed by atoms with Gasteiger partial charge in [0.15, 0.2) is 0 Å². The van der Waals surface area contributed by atoms with Gasteiger partial charge in [-0.25, -0.2) is 4.79 Å². The lowest BCUT2D eigenvalue weighted by atomic mass is 9.86. The average Bonchev–Trinajstić information content (AvgIpc) is 2.79. The van der Waals surface area contributed by atoms with Crippen molar-refractivity contribution in [3.05, 3.63) is 65.2 Å². The molecule has 2 aromatic rings. The number of hydrogen-bond donors (Lipinski definition) is 1. The zero-order valence-electron chi connectivity index (χ0n) is 19.7. The molecule has 176 valence electrons. The molecule has 33 heavy (non-hydrogen) atoms. The molecule has 0 aromatic heterocycles. The van der Waals surface area contributed by atoms with Gasteiger partial charge < -0.3 is 19.7 Å². The summed E-state index contributed by atoms with van der Waals surface area (Å²) >= 11 is 0. The molecule has 2 amide bonds. The molecular weight excluding hydrogens is 420 g/mol. The van der Waals surface area contributed by atoms with Crippen LogP contribution in [0.2, 0.25) is 0 Å². The SMILES string of the molecule is CCOC(=O)Oc1ccc(C(=O)N2CCC(NC(=O)c3ccc(C(C)(C)C)cc3)CC2)cc1. The second-order valence-corrected chi connectivity index (χ2v) is 9.18. The molecule has 7 nitrogen and oxygen atoms in total. The van der Waals surface area contributed by atoms with Crippen molar-refractivity contribution < 1.29 is 23.9 Å². The maximum atomic E-state index is 12.8. The van der Waals surface area contributed by atoms with E-state index >= 15 is 0 Å². The quantitative estimate of drug-likeness (QED) is 0.531. The van der Waals surface area contributed by atoms with Gasteiger partial charge in [-0.3, -0.25) is 9.59 Å². The molecule has 1 aliphatic heterocycles. The van der Waals surface area contributed by atoms with Gasteiger partial charge in [-0.1, -0.05) is 32.9 Å². The zero-order chi connectivity index (χ0) is 24.0.